The zero-order chi connectivity index (χ0) is 29.8. The molecule has 0 aliphatic carbocycles. The number of pyridine rings is 1. The van der Waals surface area contributed by atoms with Crippen LogP contribution in [0, 0.1) is 11.3 Å². The molecule has 1 unspecified atom stereocenters. The van der Waals surface area contributed by atoms with Crippen molar-refractivity contribution in [2.24, 2.45) is 0 Å². The first-order valence-electron chi connectivity index (χ1n) is 12.5. The van der Waals surface area contributed by atoms with Gasteiger partial charge in [-0.25, -0.2) is 14.7 Å². The number of nitriles is 1. The molecule has 8 nitrogen and oxygen atoms in total. The number of nitrogens with zero attached hydrogens (tertiary/aromatic N) is 3. The van der Waals surface area contributed by atoms with Crippen LogP contribution in [0.4, 0.5) is 5.69 Å². The molecule has 3 aromatic carbocycles. The minimum absolute atomic E-state index is 0.0988. The van der Waals surface area contributed by atoms with Gasteiger partial charge < -0.3 is 4.74 Å². The molecule has 42 heavy (non-hydrogen) atoms. The summed E-state index contributed by atoms with van der Waals surface area (Å²) >= 11 is 13.2. The third-order valence-electron chi connectivity index (χ3n) is 6.35. The number of ether oxygens (including phenoxy) is 1. The highest BCUT2D eigenvalue weighted by atomic mass is 35.5. The number of hydrogen-bond donors (Lipinski definition) is 0. The lowest BCUT2D eigenvalue weighted by atomic mass is 10.1. The Morgan fingerprint density at radius 1 is 0.952 bits per heavy atom. The number of Topliss-reactive ketones (excluding diaryl/α,β-unsaturated/α-hetero) is 1. The quantitative estimate of drug-likeness (QED) is 0.127. The summed E-state index contributed by atoms with van der Waals surface area (Å²) in [5.41, 5.74) is 2.33. The Bertz CT molecular complexity index is 1760. The third kappa shape index (κ3) is 6.21. The van der Waals surface area contributed by atoms with Gasteiger partial charge in [0.2, 0.25) is 11.8 Å². The maximum Gasteiger partial charge on any atom is 0.338 e. The highest BCUT2D eigenvalue weighted by Crippen LogP contribution is 2.36. The summed E-state index contributed by atoms with van der Waals surface area (Å²) in [6, 6.07) is 24.6. The average molecular weight is 616 g/mol. The number of aromatic nitrogens is 1. The largest absolute Gasteiger partial charge is 0.454 e. The number of esters is 1. The fourth-order valence-electron chi connectivity index (χ4n) is 4.20. The second-order valence-corrected chi connectivity index (χ2v) is 11.1. The van der Waals surface area contributed by atoms with E-state index in [1.807, 2.05) is 0 Å². The average Bonchev–Trinajstić information content (AvgIpc) is 3.29. The molecule has 0 N–H and O–H groups in total. The first-order chi connectivity index (χ1) is 20.2. The molecule has 208 valence electrons. The number of halogens is 2. The predicted octanol–water partition coefficient (Wildman–Crippen LogP) is 6.39. The summed E-state index contributed by atoms with van der Waals surface area (Å²) in [6.07, 6.45) is -0.0988. The molecule has 1 fully saturated rings. The lowest BCUT2D eigenvalue weighted by Crippen LogP contribution is -2.31. The van der Waals surface area contributed by atoms with Gasteiger partial charge in [-0.2, -0.15) is 5.26 Å². The molecule has 1 atom stereocenters. The standard InChI is InChI=1S/C31H19Cl2N3O5S/c32-23-12-8-20(14-24(23)33)25-13-9-21(16-34)29(35-25)42-27-15-28(38)36(30(27)39)22-10-6-19(7-11-22)31(40)41-17-26(37)18-4-2-1-3-5-18/h1-14,27H,15,17H2. The number of ketones is 1. The highest BCUT2D eigenvalue weighted by molar-refractivity contribution is 8.00. The number of carbonyl (C=O) groups is 4. The zero-order valence-electron chi connectivity index (χ0n) is 21.6. The molecule has 0 bridgehead atoms. The van der Waals surface area contributed by atoms with Crippen LogP contribution in [0.1, 0.15) is 32.7 Å². The Hall–Kier alpha value is -4.49. The zero-order valence-corrected chi connectivity index (χ0v) is 23.9. The van der Waals surface area contributed by atoms with E-state index in [-0.39, 0.29) is 29.0 Å². The summed E-state index contributed by atoms with van der Waals surface area (Å²) in [6.45, 7) is -0.419. The molecule has 0 spiro atoms. The molecular weight excluding hydrogens is 597 g/mol. The number of thioether (sulfide) groups is 1. The molecule has 2 heterocycles. The van der Waals surface area contributed by atoms with E-state index in [9.17, 15) is 24.4 Å². The van der Waals surface area contributed by atoms with E-state index in [0.717, 1.165) is 16.7 Å². The van der Waals surface area contributed by atoms with Gasteiger partial charge in [0.1, 0.15) is 11.1 Å². The van der Waals surface area contributed by atoms with Gasteiger partial charge in [0.15, 0.2) is 12.4 Å². The van der Waals surface area contributed by atoms with E-state index >= 15 is 0 Å². The Balaban J connectivity index is 1.27. The number of carbonyl (C=O) groups excluding carboxylic acids is 4. The van der Waals surface area contributed by atoms with Gasteiger partial charge in [-0.05, 0) is 48.5 Å². The van der Waals surface area contributed by atoms with Crippen molar-refractivity contribution in [2.45, 2.75) is 16.7 Å². The van der Waals surface area contributed by atoms with E-state index in [4.69, 9.17) is 27.9 Å². The monoisotopic (exact) mass is 615 g/mol. The summed E-state index contributed by atoms with van der Waals surface area (Å²) in [7, 11) is 0. The Kier molecular flexibility index (Phi) is 8.69. The molecule has 2 amide bonds. The van der Waals surface area contributed by atoms with Crippen molar-refractivity contribution < 1.29 is 23.9 Å². The van der Waals surface area contributed by atoms with Gasteiger partial charge >= 0.3 is 5.97 Å². The van der Waals surface area contributed by atoms with Gasteiger partial charge in [0.25, 0.3) is 0 Å². The molecule has 11 heteroatoms. The summed E-state index contributed by atoms with van der Waals surface area (Å²) in [5, 5.41) is 9.85. The lowest BCUT2D eigenvalue weighted by molar-refractivity contribution is -0.121. The van der Waals surface area contributed by atoms with Gasteiger partial charge in [-0.1, -0.05) is 71.4 Å². The highest BCUT2D eigenvalue weighted by Gasteiger charge is 2.41. The molecule has 5 rings (SSSR count). The first-order valence-corrected chi connectivity index (χ1v) is 14.1. The maximum atomic E-state index is 13.3. The van der Waals surface area contributed by atoms with Gasteiger partial charge in [-0.3, -0.25) is 14.4 Å². The predicted molar refractivity (Wildman–Crippen MR) is 159 cm³/mol. The van der Waals surface area contributed by atoms with Crippen molar-refractivity contribution in [2.75, 3.05) is 11.5 Å². The van der Waals surface area contributed by atoms with E-state index in [1.165, 1.54) is 24.3 Å². The van der Waals surface area contributed by atoms with Gasteiger partial charge in [0.05, 0.1) is 37.8 Å². The van der Waals surface area contributed by atoms with Crippen molar-refractivity contribution in [3.05, 3.63) is 112 Å². The Morgan fingerprint density at radius 3 is 2.38 bits per heavy atom. The molecular formula is C31H19Cl2N3O5S. The van der Waals surface area contributed by atoms with Crippen LogP contribution < -0.4 is 4.90 Å². The van der Waals surface area contributed by atoms with E-state index in [0.29, 0.717) is 31.9 Å². The van der Waals surface area contributed by atoms with E-state index in [2.05, 4.69) is 11.1 Å². The van der Waals surface area contributed by atoms with Crippen LogP contribution in [0.15, 0.2) is 90.0 Å². The van der Waals surface area contributed by atoms with Crippen LogP contribution in [-0.2, 0) is 14.3 Å². The summed E-state index contributed by atoms with van der Waals surface area (Å²) in [5.74, 6) is -1.95. The molecule has 4 aromatic rings. The number of rotatable bonds is 8. The second-order valence-electron chi connectivity index (χ2n) is 9.08. The fraction of sp³-hybridized carbons (Fsp3) is 0.0968. The van der Waals surface area contributed by atoms with Crippen molar-refractivity contribution >= 4 is 64.2 Å². The molecule has 1 aromatic heterocycles. The Labute approximate surface area is 254 Å². The van der Waals surface area contributed by atoms with Crippen LogP contribution in [0.5, 0.6) is 0 Å². The number of benzene rings is 3. The first kappa shape index (κ1) is 29.0. The van der Waals surface area contributed by atoms with Crippen molar-refractivity contribution in [3.8, 4) is 17.3 Å². The van der Waals surface area contributed by atoms with Crippen LogP contribution >= 0.6 is 35.0 Å². The topological polar surface area (TPSA) is 117 Å². The molecule has 1 aliphatic rings. The fourth-order valence-corrected chi connectivity index (χ4v) is 5.59. The smallest absolute Gasteiger partial charge is 0.338 e. The number of hydrogen-bond acceptors (Lipinski definition) is 8. The minimum Gasteiger partial charge on any atom is -0.454 e. The number of anilines is 1. The van der Waals surface area contributed by atoms with Gasteiger partial charge in [-0.15, -0.1) is 0 Å². The van der Waals surface area contributed by atoms with Crippen LogP contribution in [0.3, 0.4) is 0 Å². The summed E-state index contributed by atoms with van der Waals surface area (Å²) < 4.78 is 5.12. The Morgan fingerprint density at radius 2 is 1.69 bits per heavy atom. The number of imide groups is 1. The van der Waals surface area contributed by atoms with E-state index < -0.39 is 29.6 Å². The van der Waals surface area contributed by atoms with Crippen LogP contribution in [0.2, 0.25) is 10.0 Å². The van der Waals surface area contributed by atoms with Crippen LogP contribution in [-0.4, -0.2) is 40.4 Å². The molecule has 0 radical (unpaired) electrons. The lowest BCUT2D eigenvalue weighted by Gasteiger charge is -2.15. The summed E-state index contributed by atoms with van der Waals surface area (Å²) in [4.78, 5) is 56.4. The third-order valence-corrected chi connectivity index (χ3v) is 8.27. The normalized spacial score (nSPS) is 14.5. The molecule has 0 saturated carbocycles. The maximum absolute atomic E-state index is 13.3. The van der Waals surface area contributed by atoms with Crippen molar-refractivity contribution in [3.63, 3.8) is 0 Å². The SMILES string of the molecule is N#Cc1ccc(-c2ccc(Cl)c(Cl)c2)nc1SC1CC(=O)N(c2ccc(C(=O)OCC(=O)c3ccccc3)cc2)C1=O. The van der Waals surface area contributed by atoms with E-state index in [1.54, 1.807) is 60.7 Å². The molecule has 1 saturated heterocycles. The van der Waals surface area contributed by atoms with Crippen molar-refractivity contribution in [1.29, 1.82) is 5.26 Å². The second kappa shape index (κ2) is 12.6. The number of amides is 2. The van der Waals surface area contributed by atoms with Gasteiger partial charge in [0, 0.05) is 17.5 Å². The minimum atomic E-state index is -0.810. The van der Waals surface area contributed by atoms with Crippen LogP contribution in [0.25, 0.3) is 11.3 Å². The molecule has 1 aliphatic heterocycles. The van der Waals surface area contributed by atoms with Crippen molar-refractivity contribution in [1.82, 2.24) is 4.98 Å².